The highest BCUT2D eigenvalue weighted by atomic mass is 35.5. The summed E-state index contributed by atoms with van der Waals surface area (Å²) >= 11 is 7.58. The zero-order valence-corrected chi connectivity index (χ0v) is 19.1. The van der Waals surface area contributed by atoms with Crippen molar-refractivity contribution >= 4 is 40.7 Å². The fraction of sp³-hybridized carbons (Fsp3) is 0.0833. The molecule has 5 rings (SSSR count). The van der Waals surface area contributed by atoms with Crippen LogP contribution in [0.1, 0.15) is 15.9 Å². The molecule has 7 nitrogen and oxygen atoms in total. The van der Waals surface area contributed by atoms with Crippen LogP contribution in [0.15, 0.2) is 83.1 Å². The van der Waals surface area contributed by atoms with Crippen LogP contribution in [0, 0.1) is 0 Å². The molecular weight excluding hydrogens is 458 g/mol. The van der Waals surface area contributed by atoms with E-state index in [1.54, 1.807) is 47.8 Å². The monoisotopic (exact) mass is 475 g/mol. The molecule has 2 heterocycles. The Morgan fingerprint density at radius 3 is 2.55 bits per heavy atom. The Bertz CT molecular complexity index is 1350. The summed E-state index contributed by atoms with van der Waals surface area (Å²) in [6.45, 7) is 0. The van der Waals surface area contributed by atoms with E-state index in [4.69, 9.17) is 21.4 Å². The number of carbonyl (C=O) groups is 1. The zero-order valence-electron chi connectivity index (χ0n) is 17.5. The van der Waals surface area contributed by atoms with Crippen LogP contribution in [0.25, 0.3) is 11.4 Å². The van der Waals surface area contributed by atoms with E-state index in [1.165, 1.54) is 0 Å². The fourth-order valence-electron chi connectivity index (χ4n) is 3.40. The number of nitrogens with zero attached hydrogens (tertiary/aromatic N) is 4. The quantitative estimate of drug-likeness (QED) is 0.428. The Morgan fingerprint density at radius 1 is 1.03 bits per heavy atom. The van der Waals surface area contributed by atoms with Gasteiger partial charge in [0.15, 0.2) is 5.82 Å². The summed E-state index contributed by atoms with van der Waals surface area (Å²) < 4.78 is 6.88. The number of hydrogen-bond donors (Lipinski definition) is 1. The predicted octanol–water partition coefficient (Wildman–Crippen LogP) is 5.22. The number of thioether (sulfide) groups is 1. The van der Waals surface area contributed by atoms with Crippen LogP contribution in [0.2, 0.25) is 5.02 Å². The molecule has 9 heteroatoms. The first kappa shape index (κ1) is 21.2. The lowest BCUT2D eigenvalue weighted by atomic mass is 10.1. The molecule has 0 saturated heterocycles. The van der Waals surface area contributed by atoms with E-state index >= 15 is 0 Å². The number of fused-ring (bicyclic) bond motifs is 1. The lowest BCUT2D eigenvalue weighted by molar-refractivity contribution is 0.102. The lowest BCUT2D eigenvalue weighted by Gasteiger charge is -2.15. The van der Waals surface area contributed by atoms with Crippen molar-refractivity contribution in [3.8, 4) is 17.1 Å². The molecule has 1 N–H and O–H groups in total. The number of aromatic nitrogens is 3. The van der Waals surface area contributed by atoms with Crippen LogP contribution in [-0.2, 0) is 0 Å². The summed E-state index contributed by atoms with van der Waals surface area (Å²) in [6.07, 6.45) is 0. The third-order valence-corrected chi connectivity index (χ3v) is 6.30. The average Bonchev–Trinajstić information content (AvgIpc) is 3.28. The van der Waals surface area contributed by atoms with Crippen molar-refractivity contribution in [2.45, 2.75) is 5.16 Å². The van der Waals surface area contributed by atoms with Crippen LogP contribution >= 0.6 is 23.4 Å². The molecule has 1 aliphatic heterocycles. The van der Waals surface area contributed by atoms with Crippen molar-refractivity contribution in [2.24, 2.45) is 5.10 Å². The molecule has 0 fully saturated rings. The number of rotatable bonds is 5. The second kappa shape index (κ2) is 9.09. The molecule has 0 radical (unpaired) electrons. The second-order valence-corrected chi connectivity index (χ2v) is 8.57. The van der Waals surface area contributed by atoms with Gasteiger partial charge in [0.1, 0.15) is 5.75 Å². The number of hydrogen-bond acceptors (Lipinski definition) is 6. The number of carbonyl (C=O) groups excluding carboxylic acids is 1. The van der Waals surface area contributed by atoms with Crippen molar-refractivity contribution in [3.05, 3.63) is 88.9 Å². The Morgan fingerprint density at radius 2 is 1.79 bits per heavy atom. The minimum atomic E-state index is -0.233. The summed E-state index contributed by atoms with van der Waals surface area (Å²) in [4.78, 5) is 12.9. The molecule has 4 aromatic rings. The number of nitrogens with one attached hydrogen (secondary N) is 1. The van der Waals surface area contributed by atoms with Gasteiger partial charge in [-0.2, -0.15) is 9.78 Å². The molecule has 0 aliphatic carbocycles. The lowest BCUT2D eigenvalue weighted by Crippen LogP contribution is -2.15. The highest BCUT2D eigenvalue weighted by molar-refractivity contribution is 7.99. The van der Waals surface area contributed by atoms with Gasteiger partial charge in [0.05, 0.1) is 18.5 Å². The van der Waals surface area contributed by atoms with E-state index in [0.29, 0.717) is 38.8 Å². The second-order valence-electron chi connectivity index (χ2n) is 7.19. The number of para-hydroxylation sites is 1. The maximum Gasteiger partial charge on any atom is 0.255 e. The van der Waals surface area contributed by atoms with Crippen molar-refractivity contribution in [3.63, 3.8) is 0 Å². The van der Waals surface area contributed by atoms with Crippen molar-refractivity contribution in [2.75, 3.05) is 18.2 Å². The van der Waals surface area contributed by atoms with E-state index in [-0.39, 0.29) is 5.91 Å². The minimum Gasteiger partial charge on any atom is -0.497 e. The number of halogens is 1. The SMILES string of the molecule is COc1ccc(C(=O)Nc2ccccc2-c2nnc3n2N=C(c2ccc(Cl)cc2)CS3)cc1. The highest BCUT2D eigenvalue weighted by Gasteiger charge is 2.22. The Hall–Kier alpha value is -3.62. The van der Waals surface area contributed by atoms with Crippen LogP contribution in [0.3, 0.4) is 0 Å². The molecule has 0 spiro atoms. The van der Waals surface area contributed by atoms with Gasteiger partial charge in [-0.25, -0.2) is 0 Å². The largest absolute Gasteiger partial charge is 0.497 e. The van der Waals surface area contributed by atoms with Gasteiger partial charge in [-0.1, -0.05) is 47.6 Å². The standard InChI is InChI=1S/C24H18ClN5O2S/c1-32-18-12-8-16(9-13-18)23(31)26-20-5-3-2-4-19(20)22-27-28-24-30(22)29-21(14-33-24)15-6-10-17(25)11-7-15/h2-13H,14H2,1H3,(H,26,31). The van der Waals surface area contributed by atoms with Crippen LogP contribution in [0.5, 0.6) is 5.75 Å². The number of methoxy groups -OCH3 is 1. The molecule has 0 saturated carbocycles. The summed E-state index contributed by atoms with van der Waals surface area (Å²) in [5.41, 5.74) is 3.74. The van der Waals surface area contributed by atoms with E-state index in [0.717, 1.165) is 16.8 Å². The van der Waals surface area contributed by atoms with Crippen LogP contribution in [0.4, 0.5) is 5.69 Å². The molecule has 0 atom stereocenters. The van der Waals surface area contributed by atoms with Gasteiger partial charge in [-0.05, 0) is 54.1 Å². The summed E-state index contributed by atoms with van der Waals surface area (Å²) in [6, 6.07) is 22.0. The van der Waals surface area contributed by atoms with E-state index < -0.39 is 0 Å². The number of amides is 1. The summed E-state index contributed by atoms with van der Waals surface area (Å²) in [7, 11) is 1.59. The van der Waals surface area contributed by atoms with Gasteiger partial charge >= 0.3 is 0 Å². The maximum atomic E-state index is 12.9. The molecule has 1 aromatic heterocycles. The topological polar surface area (TPSA) is 81.4 Å². The van der Waals surface area contributed by atoms with Gasteiger partial charge in [0.2, 0.25) is 5.16 Å². The third-order valence-electron chi connectivity index (χ3n) is 5.12. The number of benzene rings is 3. The Balaban J connectivity index is 1.48. The van der Waals surface area contributed by atoms with Crippen molar-refractivity contribution in [1.82, 2.24) is 14.9 Å². The Labute approximate surface area is 199 Å². The van der Waals surface area contributed by atoms with Crippen molar-refractivity contribution in [1.29, 1.82) is 0 Å². The fourth-order valence-corrected chi connectivity index (χ4v) is 4.37. The number of ether oxygens (including phenoxy) is 1. The first-order valence-corrected chi connectivity index (χ1v) is 11.5. The van der Waals surface area contributed by atoms with Crippen LogP contribution < -0.4 is 10.1 Å². The Kier molecular flexibility index (Phi) is 5.85. The minimum absolute atomic E-state index is 0.233. The summed E-state index contributed by atoms with van der Waals surface area (Å²) in [5.74, 6) is 1.68. The van der Waals surface area contributed by atoms with Gasteiger partial charge < -0.3 is 10.1 Å². The van der Waals surface area contributed by atoms with Gasteiger partial charge in [0, 0.05) is 21.9 Å². The first-order chi connectivity index (χ1) is 16.1. The predicted molar refractivity (Wildman–Crippen MR) is 131 cm³/mol. The first-order valence-electron chi connectivity index (χ1n) is 10.1. The third kappa shape index (κ3) is 4.35. The molecule has 3 aromatic carbocycles. The molecule has 1 amide bonds. The van der Waals surface area contributed by atoms with Crippen molar-refractivity contribution < 1.29 is 9.53 Å². The molecule has 164 valence electrons. The number of anilines is 1. The average molecular weight is 476 g/mol. The van der Waals surface area contributed by atoms with Gasteiger partial charge in [-0.3, -0.25) is 4.79 Å². The molecule has 1 aliphatic rings. The molecular formula is C24H18ClN5O2S. The maximum absolute atomic E-state index is 12.9. The van der Waals surface area contributed by atoms with E-state index in [1.807, 2.05) is 48.5 Å². The van der Waals surface area contributed by atoms with E-state index in [2.05, 4.69) is 15.5 Å². The smallest absolute Gasteiger partial charge is 0.255 e. The normalized spacial score (nSPS) is 12.6. The molecule has 33 heavy (non-hydrogen) atoms. The van der Waals surface area contributed by atoms with Gasteiger partial charge in [0.25, 0.3) is 5.91 Å². The zero-order chi connectivity index (χ0) is 22.8. The van der Waals surface area contributed by atoms with E-state index in [9.17, 15) is 4.79 Å². The summed E-state index contributed by atoms with van der Waals surface area (Å²) in [5, 5.41) is 17.8. The molecule has 0 unspecified atom stereocenters. The highest BCUT2D eigenvalue weighted by Crippen LogP contribution is 2.32. The van der Waals surface area contributed by atoms with Gasteiger partial charge in [-0.15, -0.1) is 10.2 Å². The van der Waals surface area contributed by atoms with Crippen LogP contribution in [-0.4, -0.2) is 39.4 Å². The molecule has 0 bridgehead atoms.